The molecule has 0 amide bonds. The summed E-state index contributed by atoms with van der Waals surface area (Å²) in [5.74, 6) is 0.0108. The van der Waals surface area contributed by atoms with Crippen LogP contribution in [0.15, 0.2) is 94.2 Å². The molecule has 1 unspecified atom stereocenters. The molecule has 3 rings (SSSR count). The van der Waals surface area contributed by atoms with E-state index < -0.39 is 44.2 Å². The van der Waals surface area contributed by atoms with Crippen LogP contribution in [0.3, 0.4) is 0 Å². The van der Waals surface area contributed by atoms with Crippen molar-refractivity contribution in [2.45, 2.75) is 38.6 Å². The molecule has 0 bridgehead atoms. The number of aliphatic imine (C=N–C) groups is 1. The highest BCUT2D eigenvalue weighted by molar-refractivity contribution is 8.15. The highest BCUT2D eigenvalue weighted by Gasteiger charge is 2.27. The maximum Gasteiger partial charge on any atom is 0.340 e. The summed E-state index contributed by atoms with van der Waals surface area (Å²) in [6.45, 7) is 6.44. The Morgan fingerprint density at radius 1 is 1.26 bits per heavy atom. The number of halogens is 2. The number of sulfonamides is 1. The Labute approximate surface area is 255 Å². The van der Waals surface area contributed by atoms with Gasteiger partial charge in [-0.3, -0.25) is 14.5 Å². The zero-order valence-corrected chi connectivity index (χ0v) is 25.5. The predicted molar refractivity (Wildman–Crippen MR) is 167 cm³/mol. The van der Waals surface area contributed by atoms with Gasteiger partial charge in [-0.2, -0.15) is 0 Å². The molecule has 12 heteroatoms. The lowest BCUT2D eigenvalue weighted by atomic mass is 9.99. The molecule has 1 atom stereocenters. The molecule has 1 aliphatic rings. The minimum atomic E-state index is -4.38. The lowest BCUT2D eigenvalue weighted by molar-refractivity contribution is -0.134. The third-order valence-corrected chi connectivity index (χ3v) is 8.56. The van der Waals surface area contributed by atoms with Gasteiger partial charge >= 0.3 is 5.97 Å². The second kappa shape index (κ2) is 16.6. The molecular weight excluding hydrogens is 601 g/mol. The van der Waals surface area contributed by atoms with Crippen LogP contribution in [0.2, 0.25) is 0 Å². The number of aliphatic carboxylic acids is 1. The van der Waals surface area contributed by atoms with E-state index in [-0.39, 0.29) is 35.9 Å². The number of nitrogens with zero attached hydrogens (tertiary/aromatic N) is 2. The van der Waals surface area contributed by atoms with Crippen molar-refractivity contribution in [3.05, 3.63) is 94.8 Å². The number of amidine groups is 1. The van der Waals surface area contributed by atoms with Crippen molar-refractivity contribution in [3.63, 3.8) is 0 Å². The van der Waals surface area contributed by atoms with E-state index in [4.69, 9.17) is 11.6 Å². The molecule has 0 saturated carbocycles. The fourth-order valence-electron chi connectivity index (χ4n) is 3.68. The molecule has 2 N–H and O–H groups in total. The van der Waals surface area contributed by atoms with Crippen molar-refractivity contribution in [3.8, 4) is 23.5 Å². The number of nitrogens with one attached hydrogen (secondary N) is 1. The van der Waals surface area contributed by atoms with Gasteiger partial charge in [0.15, 0.2) is 11.0 Å². The number of carbonyl (C=O) groups excluding carboxylic acids is 1. The summed E-state index contributed by atoms with van der Waals surface area (Å²) >= 11 is 6.66. The molecule has 1 aliphatic heterocycles. The van der Waals surface area contributed by atoms with Gasteiger partial charge in [0.05, 0.1) is 10.3 Å². The van der Waals surface area contributed by atoms with Crippen molar-refractivity contribution < 1.29 is 27.5 Å². The van der Waals surface area contributed by atoms with E-state index in [9.17, 15) is 27.5 Å². The Balaban J connectivity index is 0.00000197. The summed E-state index contributed by atoms with van der Waals surface area (Å²) in [5, 5.41) is 9.13. The Hall–Kier alpha value is -3.85. The van der Waals surface area contributed by atoms with E-state index in [2.05, 4.69) is 28.6 Å². The number of carboxylic acids is 1. The number of hydrogen-bond donors (Lipinski definition) is 2. The molecule has 0 radical (unpaired) electrons. The van der Waals surface area contributed by atoms with Gasteiger partial charge in [0.1, 0.15) is 18.4 Å². The van der Waals surface area contributed by atoms with Gasteiger partial charge in [-0.05, 0) is 43.4 Å². The Morgan fingerprint density at radius 2 is 1.88 bits per heavy atom. The highest BCUT2D eigenvalue weighted by Crippen LogP contribution is 2.29. The van der Waals surface area contributed by atoms with Gasteiger partial charge in [0, 0.05) is 17.8 Å². The number of carbonyl (C=O) groups is 2. The van der Waals surface area contributed by atoms with Crippen LogP contribution in [-0.2, 0) is 26.2 Å². The number of Topliss-reactive ketones (excluding diaryl/α,β-unsaturated/α-hetero) is 1. The number of rotatable bonds is 9. The SMILES string of the molecule is C#CC.C=C(Cl)CC/C(=C/F)S(=O)(=O)NC1=NCC(=O)/C(C(=O)O)=C\N(Cc2ccccc2-c2ccccc2)C(C)S1. The molecule has 2 aromatic rings. The summed E-state index contributed by atoms with van der Waals surface area (Å²) < 4.78 is 41.5. The quantitative estimate of drug-likeness (QED) is 0.256. The number of ketones is 1. The van der Waals surface area contributed by atoms with Crippen molar-refractivity contribution in [1.29, 1.82) is 0 Å². The number of benzene rings is 2. The molecule has 2 aromatic carbocycles. The fourth-order valence-corrected chi connectivity index (χ4v) is 5.95. The van der Waals surface area contributed by atoms with Crippen molar-refractivity contribution in [2.75, 3.05) is 6.54 Å². The van der Waals surface area contributed by atoms with Crippen LogP contribution in [0.1, 0.15) is 32.3 Å². The van der Waals surface area contributed by atoms with Gasteiger partial charge in [-0.1, -0.05) is 84.5 Å². The van der Waals surface area contributed by atoms with E-state index in [0.29, 0.717) is 0 Å². The highest BCUT2D eigenvalue weighted by atomic mass is 35.5. The minimum absolute atomic E-state index is 0.0337. The zero-order valence-electron chi connectivity index (χ0n) is 23.1. The molecule has 42 heavy (non-hydrogen) atoms. The number of allylic oxidation sites excluding steroid dienone is 2. The molecule has 0 aliphatic carbocycles. The summed E-state index contributed by atoms with van der Waals surface area (Å²) in [5.41, 5.74) is 2.24. The maximum atomic E-state index is 13.5. The van der Waals surface area contributed by atoms with Crippen molar-refractivity contribution >= 4 is 50.3 Å². The standard InChI is InChI=1S/C27H27ClFN3O5S2.C3H4/c1-18(28)12-13-22(14-29)39(36,37)31-27-30-15-25(33)24(26(34)35)17-32(19(2)38-27)16-21-10-6-7-11-23(21)20-8-4-3-5-9-20;1-3-2/h3-11,14,17,19H,1,12-13,15-16H2,2H3,(H,30,31)(H,34,35);1H,2H3/b22-14-,24-17+;. The van der Waals surface area contributed by atoms with Crippen LogP contribution in [0, 0.1) is 12.3 Å². The molecule has 0 saturated heterocycles. The number of hydrogen-bond acceptors (Lipinski definition) is 7. The first-order chi connectivity index (χ1) is 19.9. The molecule has 0 fully saturated rings. The first-order valence-electron chi connectivity index (χ1n) is 12.5. The largest absolute Gasteiger partial charge is 0.478 e. The fraction of sp³-hybridized carbons (Fsp3) is 0.233. The van der Waals surface area contributed by atoms with Crippen molar-refractivity contribution in [2.24, 2.45) is 4.99 Å². The Morgan fingerprint density at radius 3 is 2.48 bits per heavy atom. The average Bonchev–Trinajstić information content (AvgIpc) is 2.99. The molecule has 0 spiro atoms. The van der Waals surface area contributed by atoms with Crippen LogP contribution in [0.25, 0.3) is 11.1 Å². The van der Waals surface area contributed by atoms with Crippen LogP contribution in [0.5, 0.6) is 0 Å². The Kier molecular flexibility index (Phi) is 13.5. The van der Waals surface area contributed by atoms with Crippen LogP contribution < -0.4 is 4.72 Å². The lowest BCUT2D eigenvalue weighted by Gasteiger charge is -2.29. The number of terminal acetylenes is 1. The maximum absolute atomic E-state index is 13.5. The normalized spacial score (nSPS) is 17.1. The second-order valence-corrected chi connectivity index (χ2v) is 12.4. The van der Waals surface area contributed by atoms with Crippen LogP contribution in [0.4, 0.5) is 4.39 Å². The van der Waals surface area contributed by atoms with Gasteiger partial charge in [-0.25, -0.2) is 17.6 Å². The van der Waals surface area contributed by atoms with Gasteiger partial charge < -0.3 is 10.0 Å². The van der Waals surface area contributed by atoms with Crippen LogP contribution in [-0.4, -0.2) is 47.3 Å². The Bertz CT molecular complexity index is 1530. The van der Waals surface area contributed by atoms with Gasteiger partial charge in [-0.15, -0.1) is 12.3 Å². The topological polar surface area (TPSA) is 116 Å². The van der Waals surface area contributed by atoms with E-state index in [1.807, 2.05) is 54.6 Å². The summed E-state index contributed by atoms with van der Waals surface area (Å²) in [6.07, 6.45) is 5.63. The van der Waals surface area contributed by atoms with E-state index in [1.54, 1.807) is 18.7 Å². The third kappa shape index (κ3) is 10.2. The predicted octanol–water partition coefficient (Wildman–Crippen LogP) is 6.04. The summed E-state index contributed by atoms with van der Waals surface area (Å²) in [4.78, 5) is 29.8. The second-order valence-electron chi connectivity index (χ2n) is 8.79. The molecule has 1 heterocycles. The zero-order chi connectivity index (χ0) is 31.3. The molecule has 0 aromatic heterocycles. The first kappa shape index (κ1) is 34.4. The third-order valence-electron chi connectivity index (χ3n) is 5.73. The smallest absolute Gasteiger partial charge is 0.340 e. The number of carboxylic acid groups (broad SMARTS) is 1. The summed E-state index contributed by atoms with van der Waals surface area (Å²) in [6, 6.07) is 17.2. The average molecular weight is 632 g/mol. The van der Waals surface area contributed by atoms with E-state index >= 15 is 0 Å². The first-order valence-corrected chi connectivity index (χ1v) is 15.3. The van der Waals surface area contributed by atoms with E-state index in [1.165, 1.54) is 6.20 Å². The molecular formula is C30H31ClFN3O5S2. The molecule has 222 valence electrons. The number of thioether (sulfide) groups is 1. The summed E-state index contributed by atoms with van der Waals surface area (Å²) in [7, 11) is -4.38. The minimum Gasteiger partial charge on any atom is -0.478 e. The van der Waals surface area contributed by atoms with Crippen molar-refractivity contribution in [1.82, 2.24) is 9.62 Å². The van der Waals surface area contributed by atoms with Gasteiger partial charge in [0.25, 0.3) is 10.0 Å². The van der Waals surface area contributed by atoms with E-state index in [0.717, 1.165) is 28.5 Å². The monoisotopic (exact) mass is 631 g/mol. The molecule has 8 nitrogen and oxygen atoms in total. The van der Waals surface area contributed by atoms with Gasteiger partial charge in [0.2, 0.25) is 0 Å². The lowest BCUT2D eigenvalue weighted by Crippen LogP contribution is -2.34. The van der Waals surface area contributed by atoms with Crippen LogP contribution >= 0.6 is 23.4 Å².